The van der Waals surface area contributed by atoms with Crippen molar-refractivity contribution in [2.75, 3.05) is 11.4 Å². The first-order valence-electron chi connectivity index (χ1n) is 7.11. The van der Waals surface area contributed by atoms with Crippen LogP contribution in [0.1, 0.15) is 12.8 Å². The number of fused-ring (bicyclic) bond motifs is 1. The number of benzene rings is 1. The van der Waals surface area contributed by atoms with Gasteiger partial charge in [0.2, 0.25) is 5.56 Å². The number of hydrogen-bond acceptors (Lipinski definition) is 3. The number of halogens is 4. The minimum Gasteiger partial charge on any atom is -0.382 e. The van der Waals surface area contributed by atoms with E-state index in [-0.39, 0.29) is 17.0 Å². The Morgan fingerprint density at radius 2 is 2.09 bits per heavy atom. The molecule has 8 heteroatoms. The van der Waals surface area contributed by atoms with Gasteiger partial charge in [0.25, 0.3) is 0 Å². The summed E-state index contributed by atoms with van der Waals surface area (Å²) in [5.41, 5.74) is 0.706. The monoisotopic (exact) mass is 346 g/mol. The van der Waals surface area contributed by atoms with Crippen LogP contribution in [-0.4, -0.2) is 35.0 Å². The Bertz CT molecular complexity index is 790. The van der Waals surface area contributed by atoms with Crippen molar-refractivity contribution in [2.24, 2.45) is 0 Å². The highest BCUT2D eigenvalue weighted by atomic mass is 35.5. The van der Waals surface area contributed by atoms with Gasteiger partial charge < -0.3 is 15.0 Å². The quantitative estimate of drug-likeness (QED) is 0.878. The molecule has 0 spiro atoms. The number of nitrogens with one attached hydrogen (secondary N) is 1. The van der Waals surface area contributed by atoms with Crippen molar-refractivity contribution in [2.45, 2.75) is 31.2 Å². The van der Waals surface area contributed by atoms with Crippen molar-refractivity contribution in [1.29, 1.82) is 0 Å². The molecule has 124 valence electrons. The predicted octanol–water partition coefficient (Wildman–Crippen LogP) is 3.07. The number of rotatable bonds is 2. The van der Waals surface area contributed by atoms with Crippen LogP contribution in [0.5, 0.6) is 0 Å². The van der Waals surface area contributed by atoms with Crippen molar-refractivity contribution < 1.29 is 18.3 Å². The first-order valence-corrected chi connectivity index (χ1v) is 7.49. The van der Waals surface area contributed by atoms with E-state index >= 15 is 0 Å². The molecule has 1 aromatic heterocycles. The molecule has 0 unspecified atom stereocenters. The number of aliphatic hydroxyl groups is 1. The number of aliphatic hydroxyl groups excluding tert-OH is 1. The molecule has 0 saturated carbocycles. The van der Waals surface area contributed by atoms with Crippen LogP contribution in [0.4, 0.5) is 18.9 Å². The molecule has 4 nitrogen and oxygen atoms in total. The number of anilines is 1. The highest BCUT2D eigenvalue weighted by molar-refractivity contribution is 6.35. The van der Waals surface area contributed by atoms with Crippen molar-refractivity contribution in [1.82, 2.24) is 4.98 Å². The van der Waals surface area contributed by atoms with E-state index in [4.69, 9.17) is 11.6 Å². The number of hydrogen-bond donors (Lipinski definition) is 2. The lowest BCUT2D eigenvalue weighted by Crippen LogP contribution is -2.47. The van der Waals surface area contributed by atoms with Gasteiger partial charge in [0.05, 0.1) is 11.1 Å². The molecule has 1 aliphatic rings. The maximum atomic E-state index is 12.8. The summed E-state index contributed by atoms with van der Waals surface area (Å²) < 4.78 is 38.4. The Balaban J connectivity index is 2.00. The summed E-state index contributed by atoms with van der Waals surface area (Å²) in [6.45, 7) is 0.421. The zero-order valence-electron chi connectivity index (χ0n) is 11.9. The first-order chi connectivity index (χ1) is 10.8. The summed E-state index contributed by atoms with van der Waals surface area (Å²) in [6, 6.07) is 5.06. The highest BCUT2D eigenvalue weighted by Gasteiger charge is 2.47. The third kappa shape index (κ3) is 3.03. The molecule has 2 N–H and O–H groups in total. The van der Waals surface area contributed by atoms with Crippen LogP contribution in [0.2, 0.25) is 5.02 Å². The molecule has 2 aromatic rings. The molecule has 1 saturated heterocycles. The van der Waals surface area contributed by atoms with Crippen LogP contribution in [0, 0.1) is 0 Å². The molecule has 2 atom stereocenters. The minimum absolute atomic E-state index is 0.234. The maximum Gasteiger partial charge on any atom is 0.416 e. The Morgan fingerprint density at radius 1 is 1.35 bits per heavy atom. The molecule has 3 rings (SSSR count). The second kappa shape index (κ2) is 5.72. The summed E-state index contributed by atoms with van der Waals surface area (Å²) in [6.07, 6.45) is -6.23. The average Bonchev–Trinajstić information content (AvgIpc) is 2.94. The van der Waals surface area contributed by atoms with Crippen molar-refractivity contribution in [3.8, 4) is 0 Å². The number of alkyl halides is 3. The molecule has 23 heavy (non-hydrogen) atoms. The standard InChI is InChI=1S/C15H14ClF3N2O2/c16-10-7-13(22)20-11-4-3-8(6-9(10)11)21-5-1-2-12(21)14(23)15(17,18)19/h3-4,6-7,12,14,23H,1-2,5H2,(H,20,22)/t12-,14-/m1/s1. The fraction of sp³-hybridized carbons (Fsp3) is 0.400. The largest absolute Gasteiger partial charge is 0.416 e. The molecular weight excluding hydrogens is 333 g/mol. The lowest BCUT2D eigenvalue weighted by atomic mass is 10.1. The third-order valence-electron chi connectivity index (χ3n) is 4.11. The summed E-state index contributed by atoms with van der Waals surface area (Å²) in [5, 5.41) is 10.4. The summed E-state index contributed by atoms with van der Waals surface area (Å²) in [5.74, 6) is 0. The van der Waals surface area contributed by atoms with Gasteiger partial charge in [-0.1, -0.05) is 11.6 Å². The average molecular weight is 347 g/mol. The van der Waals surface area contributed by atoms with Crippen LogP contribution in [0.3, 0.4) is 0 Å². The second-order valence-corrected chi connectivity index (χ2v) is 6.01. The van der Waals surface area contributed by atoms with Gasteiger partial charge in [0.15, 0.2) is 6.10 Å². The van der Waals surface area contributed by atoms with E-state index in [2.05, 4.69) is 4.98 Å². The fourth-order valence-corrected chi connectivity index (χ4v) is 3.29. The number of H-pyrrole nitrogens is 1. The Morgan fingerprint density at radius 3 is 2.78 bits per heavy atom. The van der Waals surface area contributed by atoms with Crippen LogP contribution in [0.25, 0.3) is 10.9 Å². The lowest BCUT2D eigenvalue weighted by Gasteiger charge is -2.31. The predicted molar refractivity (Wildman–Crippen MR) is 82.0 cm³/mol. The summed E-state index contributed by atoms with van der Waals surface area (Å²) in [7, 11) is 0. The van der Waals surface area contributed by atoms with Gasteiger partial charge in [-0.05, 0) is 31.0 Å². The number of aromatic amines is 1. The smallest absolute Gasteiger partial charge is 0.382 e. The molecule has 1 aromatic carbocycles. The topological polar surface area (TPSA) is 56.3 Å². The van der Waals surface area contributed by atoms with E-state index in [0.29, 0.717) is 29.6 Å². The van der Waals surface area contributed by atoms with E-state index in [1.54, 1.807) is 23.1 Å². The number of aromatic nitrogens is 1. The summed E-state index contributed by atoms with van der Waals surface area (Å²) >= 11 is 6.04. The molecule has 0 amide bonds. The molecule has 1 aliphatic heterocycles. The fourth-order valence-electron chi connectivity index (χ4n) is 3.04. The second-order valence-electron chi connectivity index (χ2n) is 5.60. The van der Waals surface area contributed by atoms with Crippen LogP contribution < -0.4 is 10.5 Å². The molecule has 0 radical (unpaired) electrons. The van der Waals surface area contributed by atoms with Gasteiger partial charge in [-0.3, -0.25) is 4.79 Å². The van der Waals surface area contributed by atoms with E-state index < -0.39 is 18.3 Å². The number of pyridine rings is 1. The number of nitrogens with zero attached hydrogens (tertiary/aromatic N) is 1. The zero-order chi connectivity index (χ0) is 16.8. The summed E-state index contributed by atoms with van der Waals surface area (Å²) in [4.78, 5) is 15.5. The van der Waals surface area contributed by atoms with Gasteiger partial charge in [-0.15, -0.1) is 0 Å². The van der Waals surface area contributed by atoms with Crippen LogP contribution in [0.15, 0.2) is 29.1 Å². The molecule has 2 heterocycles. The Labute approximate surface area is 134 Å². The Kier molecular flexibility index (Phi) is 4.01. The highest BCUT2D eigenvalue weighted by Crippen LogP contribution is 2.35. The van der Waals surface area contributed by atoms with Crippen molar-refractivity contribution in [3.05, 3.63) is 39.6 Å². The van der Waals surface area contributed by atoms with Gasteiger partial charge in [-0.25, -0.2) is 0 Å². The zero-order valence-corrected chi connectivity index (χ0v) is 12.7. The van der Waals surface area contributed by atoms with E-state index in [1.165, 1.54) is 6.07 Å². The first kappa shape index (κ1) is 16.1. The van der Waals surface area contributed by atoms with Gasteiger partial charge >= 0.3 is 6.18 Å². The van der Waals surface area contributed by atoms with E-state index in [0.717, 1.165) is 0 Å². The van der Waals surface area contributed by atoms with Crippen molar-refractivity contribution >= 4 is 28.2 Å². The minimum atomic E-state index is -4.66. The third-order valence-corrected chi connectivity index (χ3v) is 4.42. The van der Waals surface area contributed by atoms with Crippen molar-refractivity contribution in [3.63, 3.8) is 0 Å². The molecule has 0 bridgehead atoms. The molecule has 1 fully saturated rings. The van der Waals surface area contributed by atoms with E-state index in [9.17, 15) is 23.1 Å². The van der Waals surface area contributed by atoms with Gasteiger partial charge in [0, 0.05) is 29.2 Å². The van der Waals surface area contributed by atoms with Crippen LogP contribution >= 0.6 is 11.6 Å². The van der Waals surface area contributed by atoms with Gasteiger partial charge in [0.1, 0.15) is 0 Å². The molecule has 0 aliphatic carbocycles. The maximum absolute atomic E-state index is 12.8. The van der Waals surface area contributed by atoms with Crippen LogP contribution in [-0.2, 0) is 0 Å². The van der Waals surface area contributed by atoms with Gasteiger partial charge in [-0.2, -0.15) is 13.2 Å². The lowest BCUT2D eigenvalue weighted by molar-refractivity contribution is -0.209. The molecular formula is C15H14ClF3N2O2. The Hall–Kier alpha value is -1.73. The SMILES string of the molecule is O=c1cc(Cl)c2cc(N3CCC[C@@H]3[C@@H](O)C(F)(F)F)ccc2[nH]1. The van der Waals surface area contributed by atoms with E-state index in [1.807, 2.05) is 0 Å². The normalized spacial score (nSPS) is 20.2.